The molecule has 3 N–H and O–H groups in total. The molecule has 0 aromatic heterocycles. The predicted molar refractivity (Wildman–Crippen MR) is 131 cm³/mol. The van der Waals surface area contributed by atoms with Gasteiger partial charge in [-0.1, -0.05) is 65.8 Å². The number of carbonyl (C=O) groups excluding carboxylic acids is 1. The molecule has 3 aromatic carbocycles. The quantitative estimate of drug-likeness (QED) is 0.492. The molecule has 32 heavy (non-hydrogen) atoms. The number of Topliss-reactive ketones (excluding diaryl/α,β-unsaturated/α-hetero) is 1. The van der Waals surface area contributed by atoms with Gasteiger partial charge in [-0.05, 0) is 57.4 Å². The monoisotopic (exact) mass is 533 g/mol. The first-order valence-corrected chi connectivity index (χ1v) is 11.5. The van der Waals surface area contributed by atoms with Crippen molar-refractivity contribution in [1.82, 2.24) is 4.90 Å². The number of hydrogen-bond donors (Lipinski definition) is 1. The lowest BCUT2D eigenvalue weighted by Crippen LogP contribution is -3.00. The summed E-state index contributed by atoms with van der Waals surface area (Å²) in [5.74, 6) is 0.0978. The molecular formula is C25H29BrClN3OS. The molecule has 1 aliphatic rings. The molecule has 1 aliphatic heterocycles. The fourth-order valence-electron chi connectivity index (χ4n) is 3.36. The van der Waals surface area contributed by atoms with Crippen molar-refractivity contribution in [3.63, 3.8) is 0 Å². The van der Waals surface area contributed by atoms with E-state index in [1.54, 1.807) is 12.1 Å². The number of halogens is 2. The van der Waals surface area contributed by atoms with E-state index < -0.39 is 0 Å². The maximum Gasteiger partial charge on any atom is 0.216 e. The Balaban J connectivity index is 0.000000280. The Morgan fingerprint density at radius 3 is 2.31 bits per heavy atom. The van der Waals surface area contributed by atoms with Gasteiger partial charge in [0.2, 0.25) is 5.78 Å². The molecule has 0 saturated heterocycles. The first-order chi connectivity index (χ1) is 15.0. The van der Waals surface area contributed by atoms with Gasteiger partial charge in [-0.2, -0.15) is 0 Å². The van der Waals surface area contributed by atoms with E-state index in [1.807, 2.05) is 36.0 Å². The molecule has 0 amide bonds. The third-order valence-electron chi connectivity index (χ3n) is 4.90. The molecule has 1 heterocycles. The Morgan fingerprint density at radius 2 is 1.62 bits per heavy atom. The average molecular weight is 535 g/mol. The molecule has 0 fully saturated rings. The molecule has 0 aliphatic carbocycles. The predicted octanol–water partition coefficient (Wildman–Crippen LogP) is 2.01. The Bertz CT molecular complexity index is 1020. The summed E-state index contributed by atoms with van der Waals surface area (Å²) in [7, 11) is 4.23. The highest BCUT2D eigenvalue weighted by atomic mass is 79.9. The minimum atomic E-state index is 0. The van der Waals surface area contributed by atoms with E-state index in [2.05, 4.69) is 66.0 Å². The highest BCUT2D eigenvalue weighted by molar-refractivity contribution is 7.99. The van der Waals surface area contributed by atoms with Crippen molar-refractivity contribution < 1.29 is 27.5 Å². The second-order valence-corrected chi connectivity index (χ2v) is 9.05. The van der Waals surface area contributed by atoms with Crippen LogP contribution in [0.5, 0.6) is 0 Å². The van der Waals surface area contributed by atoms with Crippen LogP contribution < -0.4 is 27.6 Å². The van der Waals surface area contributed by atoms with Crippen LogP contribution in [-0.4, -0.2) is 44.4 Å². The Kier molecular flexibility index (Phi) is 10.7. The van der Waals surface area contributed by atoms with Crippen molar-refractivity contribution in [3.8, 4) is 0 Å². The van der Waals surface area contributed by atoms with Gasteiger partial charge < -0.3 is 32.5 Å². The zero-order chi connectivity index (χ0) is 22.2. The van der Waals surface area contributed by atoms with Crippen molar-refractivity contribution in [3.05, 3.63) is 83.4 Å². The number of hydrogen-bond acceptors (Lipinski definition) is 4. The van der Waals surface area contributed by atoms with Crippen LogP contribution in [0, 0.1) is 0 Å². The number of para-hydroxylation sites is 1. The van der Waals surface area contributed by atoms with E-state index in [4.69, 9.17) is 11.6 Å². The number of carbonyl (C=O) groups is 1. The molecule has 0 unspecified atom stereocenters. The van der Waals surface area contributed by atoms with Gasteiger partial charge in [0.05, 0.1) is 11.4 Å². The van der Waals surface area contributed by atoms with E-state index in [-0.39, 0.29) is 22.8 Å². The van der Waals surface area contributed by atoms with Crippen LogP contribution in [0.2, 0.25) is 5.02 Å². The maximum atomic E-state index is 11.0. The second-order valence-electron chi connectivity index (χ2n) is 7.53. The van der Waals surface area contributed by atoms with Gasteiger partial charge in [0.1, 0.15) is 6.54 Å². The van der Waals surface area contributed by atoms with E-state index in [0.717, 1.165) is 30.1 Å². The molecule has 0 saturated carbocycles. The van der Waals surface area contributed by atoms with Crippen LogP contribution in [0.1, 0.15) is 16.8 Å². The van der Waals surface area contributed by atoms with Gasteiger partial charge in [0, 0.05) is 26.9 Å². The zero-order valence-electron chi connectivity index (χ0n) is 18.4. The van der Waals surface area contributed by atoms with Crippen molar-refractivity contribution in [1.29, 1.82) is 0 Å². The minimum absolute atomic E-state index is 0. The molecule has 170 valence electrons. The van der Waals surface area contributed by atoms with Gasteiger partial charge in [0.25, 0.3) is 0 Å². The lowest BCUT2D eigenvalue weighted by molar-refractivity contribution is -0.349. The number of fused-ring (bicyclic) bond motifs is 2. The fourth-order valence-corrected chi connectivity index (χ4v) is 4.60. The number of anilines is 2. The summed E-state index contributed by atoms with van der Waals surface area (Å²) < 4.78 is 0. The summed E-state index contributed by atoms with van der Waals surface area (Å²) in [6.45, 7) is 2.43. The van der Waals surface area contributed by atoms with Gasteiger partial charge in [-0.15, -0.1) is 0 Å². The number of benzene rings is 3. The molecule has 0 atom stereocenters. The van der Waals surface area contributed by atoms with Crippen molar-refractivity contribution in [2.75, 3.05) is 38.6 Å². The lowest BCUT2D eigenvalue weighted by Gasteiger charge is -2.33. The fraction of sp³-hybridized carbons (Fsp3) is 0.240. The number of ketones is 1. The molecule has 0 spiro atoms. The third-order valence-corrected chi connectivity index (χ3v) is 6.26. The number of nitrogens with zero attached hydrogens (tertiary/aromatic N) is 2. The van der Waals surface area contributed by atoms with Crippen LogP contribution in [0.15, 0.2) is 82.6 Å². The van der Waals surface area contributed by atoms with Crippen LogP contribution in [-0.2, 0) is 0 Å². The summed E-state index contributed by atoms with van der Waals surface area (Å²) in [6.07, 6.45) is 1.12. The van der Waals surface area contributed by atoms with Crippen LogP contribution in [0.25, 0.3) is 0 Å². The van der Waals surface area contributed by atoms with E-state index in [9.17, 15) is 4.79 Å². The third kappa shape index (κ3) is 7.09. The summed E-state index contributed by atoms with van der Waals surface area (Å²) >= 11 is 8.03. The molecule has 3 aromatic rings. The normalized spacial score (nSPS) is 11.6. The van der Waals surface area contributed by atoms with E-state index in [1.165, 1.54) is 21.2 Å². The van der Waals surface area contributed by atoms with Crippen molar-refractivity contribution >= 4 is 40.5 Å². The first kappa shape index (κ1) is 26.4. The van der Waals surface area contributed by atoms with Crippen molar-refractivity contribution in [2.24, 2.45) is 0 Å². The highest BCUT2D eigenvalue weighted by Gasteiger charge is 2.22. The molecular weight excluding hydrogens is 506 g/mol. The molecule has 4 nitrogen and oxygen atoms in total. The Hall–Kier alpha value is -1.83. The lowest BCUT2D eigenvalue weighted by atomic mass is 10.1. The minimum Gasteiger partial charge on any atom is -1.00 e. The standard InChI is InChI=1S/C17H19ClN2S.C8H9NO.BrH/c1-19(2)10-5-11-20-14-6-3-4-7-16(14)21-17-9-8-13(18)12-15(17)20;9-6-8(10)7-4-2-1-3-5-7;/h3-4,6-9,12H,5,10-11H2,1-2H3;1-5H,6,9H2;1H. The maximum absolute atomic E-state index is 11.0. The number of quaternary nitrogens is 1. The molecule has 0 radical (unpaired) electrons. The average Bonchev–Trinajstić information content (AvgIpc) is 2.79. The highest BCUT2D eigenvalue weighted by Crippen LogP contribution is 2.48. The van der Waals surface area contributed by atoms with Gasteiger partial charge in [-0.3, -0.25) is 4.79 Å². The van der Waals surface area contributed by atoms with Gasteiger partial charge in [0.15, 0.2) is 0 Å². The van der Waals surface area contributed by atoms with Gasteiger partial charge >= 0.3 is 0 Å². The van der Waals surface area contributed by atoms with E-state index in [0.29, 0.717) is 6.54 Å². The summed E-state index contributed by atoms with van der Waals surface area (Å²) in [5.41, 5.74) is 6.77. The van der Waals surface area contributed by atoms with Crippen molar-refractivity contribution in [2.45, 2.75) is 16.2 Å². The molecule has 4 rings (SSSR count). The second kappa shape index (κ2) is 13.0. The Morgan fingerprint density at radius 1 is 0.969 bits per heavy atom. The number of rotatable bonds is 6. The first-order valence-electron chi connectivity index (χ1n) is 10.4. The van der Waals surface area contributed by atoms with Crippen LogP contribution >= 0.6 is 23.4 Å². The smallest absolute Gasteiger partial charge is 0.216 e. The summed E-state index contributed by atoms with van der Waals surface area (Å²) in [4.78, 5) is 18.2. The Labute approximate surface area is 210 Å². The van der Waals surface area contributed by atoms with Crippen LogP contribution in [0.3, 0.4) is 0 Å². The molecule has 0 bridgehead atoms. The largest absolute Gasteiger partial charge is 1.00 e. The van der Waals surface area contributed by atoms with Crippen LogP contribution in [0.4, 0.5) is 11.4 Å². The summed E-state index contributed by atoms with van der Waals surface area (Å²) in [5, 5.41) is 0.798. The zero-order valence-corrected chi connectivity index (χ0v) is 21.6. The summed E-state index contributed by atoms with van der Waals surface area (Å²) in [6, 6.07) is 24.0. The molecule has 7 heteroatoms. The van der Waals surface area contributed by atoms with E-state index >= 15 is 0 Å². The SMILES string of the molecule is CN(C)CCCN1c2ccccc2Sc2ccc(Cl)cc21.[Br-].[NH3+]CC(=O)c1ccccc1. The van der Waals surface area contributed by atoms with Gasteiger partial charge in [-0.25, -0.2) is 0 Å². The topological polar surface area (TPSA) is 51.2 Å².